The van der Waals surface area contributed by atoms with E-state index >= 15 is 0 Å². The van der Waals surface area contributed by atoms with Crippen LogP contribution in [-0.4, -0.2) is 52.8 Å². The molecule has 2 aliphatic rings. The van der Waals surface area contributed by atoms with Gasteiger partial charge < -0.3 is 21.1 Å². The molecule has 2 fully saturated rings. The van der Waals surface area contributed by atoms with Crippen LogP contribution < -0.4 is 27.6 Å². The maximum absolute atomic E-state index is 11.4. The molecule has 0 spiro atoms. The van der Waals surface area contributed by atoms with E-state index in [1.807, 2.05) is 0 Å². The molecule has 2 saturated carbocycles. The average Bonchev–Trinajstić information content (AvgIpc) is 3.33. The van der Waals surface area contributed by atoms with Gasteiger partial charge in [0.2, 0.25) is 11.8 Å². The van der Waals surface area contributed by atoms with Crippen molar-refractivity contribution in [3.63, 3.8) is 0 Å². The number of aromatic hydroxyl groups is 1. The van der Waals surface area contributed by atoms with Crippen molar-refractivity contribution in [1.29, 1.82) is 0 Å². The summed E-state index contributed by atoms with van der Waals surface area (Å²) in [4.78, 5) is 30.1. The first-order valence-electron chi connectivity index (χ1n) is 9.90. The minimum absolute atomic E-state index is 0.233. The molecule has 5 rings (SSSR count). The van der Waals surface area contributed by atoms with E-state index < -0.39 is 5.69 Å². The van der Waals surface area contributed by atoms with Crippen molar-refractivity contribution in [3.05, 3.63) is 33.2 Å². The van der Waals surface area contributed by atoms with Crippen molar-refractivity contribution in [1.82, 2.24) is 29.5 Å². The van der Waals surface area contributed by atoms with Crippen molar-refractivity contribution < 1.29 is 5.11 Å². The van der Waals surface area contributed by atoms with E-state index in [0.717, 1.165) is 38.5 Å². The normalized spacial score (nSPS) is 23.8. The van der Waals surface area contributed by atoms with Gasteiger partial charge in [0.15, 0.2) is 5.65 Å². The number of rotatable bonds is 4. The summed E-state index contributed by atoms with van der Waals surface area (Å²) in [5.41, 5.74) is 6.84. The van der Waals surface area contributed by atoms with Gasteiger partial charge in [-0.25, -0.2) is 9.79 Å². The summed E-state index contributed by atoms with van der Waals surface area (Å²) in [7, 11) is 0. The van der Waals surface area contributed by atoms with Gasteiger partial charge in [0.1, 0.15) is 5.69 Å². The number of nitrogens with two attached hydrogens (primary N) is 1. The molecule has 0 atom stereocenters. The van der Waals surface area contributed by atoms with Crippen LogP contribution in [-0.2, 0) is 0 Å². The van der Waals surface area contributed by atoms with E-state index in [1.165, 1.54) is 0 Å². The number of hydrogen-bond acceptors (Lipinski definition) is 8. The second-order valence-corrected chi connectivity index (χ2v) is 7.78. The number of aromatic nitrogens is 6. The van der Waals surface area contributed by atoms with Crippen LogP contribution in [0.1, 0.15) is 44.2 Å². The van der Waals surface area contributed by atoms with Gasteiger partial charge in [0, 0.05) is 17.3 Å². The van der Waals surface area contributed by atoms with Crippen molar-refractivity contribution in [2.75, 3.05) is 5.32 Å². The Labute approximate surface area is 164 Å². The molecule has 0 bridgehead atoms. The Morgan fingerprint density at radius 1 is 1.21 bits per heavy atom. The zero-order chi connectivity index (χ0) is 20.0. The molecule has 29 heavy (non-hydrogen) atoms. The summed E-state index contributed by atoms with van der Waals surface area (Å²) in [5.74, 6) is 0.266. The summed E-state index contributed by atoms with van der Waals surface area (Å²) in [6, 6.07) is 0.811. The highest BCUT2D eigenvalue weighted by Gasteiger charge is 2.22. The van der Waals surface area contributed by atoms with Gasteiger partial charge in [-0.05, 0) is 44.6 Å². The Hall–Kier alpha value is -3.21. The predicted octanol–water partition coefficient (Wildman–Crippen LogP) is -0.861. The zero-order valence-corrected chi connectivity index (χ0v) is 15.8. The average molecular weight is 397 g/mol. The van der Waals surface area contributed by atoms with Gasteiger partial charge in [-0.1, -0.05) is 0 Å². The van der Waals surface area contributed by atoms with E-state index in [1.54, 1.807) is 16.8 Å². The second-order valence-electron chi connectivity index (χ2n) is 7.78. The Bertz CT molecular complexity index is 1210. The highest BCUT2D eigenvalue weighted by atomic mass is 16.3. The molecule has 6 N–H and O–H groups in total. The standard InChI is InChI=1S/C18H23N9O2/c19-10-1-3-11(4-2-10)21-16-24-14-9(7-13-15(28)25-18(29)23-13)8-20-27(14)17(26-16)22-12-5-6-12/h7-8,10-12,28H,1-6,19H2,(H,21,22,26)(H2,23,25,29)/b9-7+. The van der Waals surface area contributed by atoms with Crippen molar-refractivity contribution in [2.45, 2.75) is 56.7 Å². The van der Waals surface area contributed by atoms with Crippen LogP contribution in [0, 0.1) is 0 Å². The SMILES string of the molecule is NC1CCC(Nc2nc(=NC3CC3)n3nc/c(=C\c4[nH]c(=O)[nH]c4O)c3n2)CC1. The Kier molecular flexibility index (Phi) is 4.31. The molecule has 0 unspecified atom stereocenters. The van der Waals surface area contributed by atoms with Gasteiger partial charge in [0.25, 0.3) is 5.62 Å². The first kappa shape index (κ1) is 17.9. The fraction of sp³-hybridized carbons (Fsp3) is 0.500. The quantitative estimate of drug-likeness (QED) is 0.382. The summed E-state index contributed by atoms with van der Waals surface area (Å²) in [6.07, 6.45) is 9.23. The fourth-order valence-corrected chi connectivity index (χ4v) is 3.59. The van der Waals surface area contributed by atoms with Crippen LogP contribution in [0.5, 0.6) is 5.88 Å². The predicted molar refractivity (Wildman–Crippen MR) is 105 cm³/mol. The maximum atomic E-state index is 11.4. The Balaban J connectivity index is 1.59. The molecular formula is C18H23N9O2. The number of hydrogen-bond donors (Lipinski definition) is 5. The lowest BCUT2D eigenvalue weighted by molar-refractivity contribution is 0.409. The van der Waals surface area contributed by atoms with Crippen LogP contribution >= 0.6 is 0 Å². The third-order valence-corrected chi connectivity index (χ3v) is 5.36. The van der Waals surface area contributed by atoms with Gasteiger partial charge in [-0.15, -0.1) is 0 Å². The molecular weight excluding hydrogens is 374 g/mol. The minimum atomic E-state index is -0.484. The van der Waals surface area contributed by atoms with Gasteiger partial charge in [-0.2, -0.15) is 19.6 Å². The maximum Gasteiger partial charge on any atom is 0.326 e. The highest BCUT2D eigenvalue weighted by molar-refractivity contribution is 5.57. The number of aromatic amines is 2. The number of imidazole rings is 1. The molecule has 11 nitrogen and oxygen atoms in total. The molecule has 0 aliphatic heterocycles. The van der Waals surface area contributed by atoms with E-state index in [-0.39, 0.29) is 29.7 Å². The number of nitrogens with one attached hydrogen (secondary N) is 3. The molecule has 11 heteroatoms. The number of anilines is 1. The molecule has 3 aromatic rings. The molecule has 0 radical (unpaired) electrons. The Morgan fingerprint density at radius 3 is 2.69 bits per heavy atom. The summed E-state index contributed by atoms with van der Waals surface area (Å²) in [6.45, 7) is 0. The molecule has 3 aromatic heterocycles. The third kappa shape index (κ3) is 3.73. The van der Waals surface area contributed by atoms with Gasteiger partial charge in [-0.3, -0.25) is 4.98 Å². The first-order chi connectivity index (χ1) is 14.0. The zero-order valence-electron chi connectivity index (χ0n) is 15.8. The van der Waals surface area contributed by atoms with E-state index in [2.05, 4.69) is 35.3 Å². The van der Waals surface area contributed by atoms with Crippen molar-refractivity contribution in [3.8, 4) is 5.88 Å². The van der Waals surface area contributed by atoms with E-state index in [4.69, 9.17) is 5.73 Å². The van der Waals surface area contributed by atoms with E-state index in [0.29, 0.717) is 22.4 Å². The summed E-state index contributed by atoms with van der Waals surface area (Å²) in [5, 5.41) is 18.3. The molecule has 152 valence electrons. The molecule has 3 heterocycles. The highest BCUT2D eigenvalue weighted by Crippen LogP contribution is 2.22. The Morgan fingerprint density at radius 2 is 2.00 bits per heavy atom. The van der Waals surface area contributed by atoms with E-state index in [9.17, 15) is 9.90 Å². The van der Waals surface area contributed by atoms with Crippen LogP contribution in [0.2, 0.25) is 0 Å². The lowest BCUT2D eigenvalue weighted by Gasteiger charge is -2.26. The van der Waals surface area contributed by atoms with Crippen LogP contribution in [0.15, 0.2) is 16.0 Å². The van der Waals surface area contributed by atoms with Gasteiger partial charge >= 0.3 is 5.69 Å². The number of fused-ring (bicyclic) bond motifs is 1. The third-order valence-electron chi connectivity index (χ3n) is 5.36. The summed E-state index contributed by atoms with van der Waals surface area (Å²) >= 11 is 0. The first-order valence-corrected chi connectivity index (χ1v) is 9.90. The largest absolute Gasteiger partial charge is 0.493 e. The van der Waals surface area contributed by atoms with Crippen molar-refractivity contribution >= 4 is 17.7 Å². The fourth-order valence-electron chi connectivity index (χ4n) is 3.59. The second kappa shape index (κ2) is 6.99. The topological polar surface area (TPSA) is 162 Å². The molecule has 2 aliphatic carbocycles. The number of nitrogens with zero attached hydrogens (tertiary/aromatic N) is 5. The number of H-pyrrole nitrogens is 2. The lowest BCUT2D eigenvalue weighted by atomic mass is 9.92. The molecule has 0 aromatic carbocycles. The summed E-state index contributed by atoms with van der Waals surface area (Å²) < 4.78 is 1.59. The van der Waals surface area contributed by atoms with Crippen LogP contribution in [0.25, 0.3) is 11.7 Å². The monoisotopic (exact) mass is 397 g/mol. The van der Waals surface area contributed by atoms with Gasteiger partial charge in [0.05, 0.1) is 12.2 Å². The minimum Gasteiger partial charge on any atom is -0.493 e. The van der Waals surface area contributed by atoms with Crippen LogP contribution in [0.4, 0.5) is 5.95 Å². The molecule has 0 saturated heterocycles. The van der Waals surface area contributed by atoms with Crippen LogP contribution in [0.3, 0.4) is 0 Å². The molecule has 0 amide bonds. The van der Waals surface area contributed by atoms with Crippen molar-refractivity contribution in [2.24, 2.45) is 10.7 Å². The lowest BCUT2D eigenvalue weighted by Crippen LogP contribution is -2.34. The smallest absolute Gasteiger partial charge is 0.326 e.